The Morgan fingerprint density at radius 3 is 2.60 bits per heavy atom. The van der Waals surface area contributed by atoms with Gasteiger partial charge in [-0.3, -0.25) is 0 Å². The van der Waals surface area contributed by atoms with Crippen molar-refractivity contribution in [3.05, 3.63) is 41.1 Å². The standard InChI is InChI=1S/C15H17BrClNS2/c1-18-14(13-8-10(17)15(16)20-13)12-7-9-5-3-2-4-6-11(9)19-12/h7-8,14,18H,2-6H2,1H3. The van der Waals surface area contributed by atoms with Gasteiger partial charge in [0.25, 0.3) is 0 Å². The fourth-order valence-corrected chi connectivity index (χ4v) is 6.10. The molecule has 1 N–H and O–H groups in total. The van der Waals surface area contributed by atoms with Crippen LogP contribution in [0.4, 0.5) is 0 Å². The molecule has 1 nitrogen and oxygen atoms in total. The summed E-state index contributed by atoms with van der Waals surface area (Å²) in [5.41, 5.74) is 1.57. The minimum Gasteiger partial charge on any atom is -0.308 e. The summed E-state index contributed by atoms with van der Waals surface area (Å²) in [6.45, 7) is 0. The van der Waals surface area contributed by atoms with Gasteiger partial charge in [0.05, 0.1) is 14.9 Å². The second kappa shape index (κ2) is 6.49. The maximum atomic E-state index is 6.18. The van der Waals surface area contributed by atoms with Crippen molar-refractivity contribution in [1.29, 1.82) is 0 Å². The molecule has 0 aromatic carbocycles. The summed E-state index contributed by atoms with van der Waals surface area (Å²) in [5.74, 6) is 0. The van der Waals surface area contributed by atoms with Crippen molar-refractivity contribution in [1.82, 2.24) is 5.32 Å². The Kier molecular flexibility index (Phi) is 4.88. The quantitative estimate of drug-likeness (QED) is 0.653. The maximum Gasteiger partial charge on any atom is 0.0888 e. The number of hydrogen-bond donors (Lipinski definition) is 1. The van der Waals surface area contributed by atoms with Crippen LogP contribution in [0.25, 0.3) is 0 Å². The fourth-order valence-electron chi connectivity index (χ4n) is 2.76. The van der Waals surface area contributed by atoms with Crippen molar-refractivity contribution < 1.29 is 0 Å². The number of halogens is 2. The molecule has 2 heterocycles. The third-order valence-electron chi connectivity index (χ3n) is 3.79. The van der Waals surface area contributed by atoms with Crippen LogP contribution in [0.2, 0.25) is 5.02 Å². The van der Waals surface area contributed by atoms with E-state index in [4.69, 9.17) is 11.6 Å². The summed E-state index contributed by atoms with van der Waals surface area (Å²) < 4.78 is 1.02. The highest BCUT2D eigenvalue weighted by Gasteiger charge is 2.21. The van der Waals surface area contributed by atoms with Crippen molar-refractivity contribution >= 4 is 50.2 Å². The van der Waals surface area contributed by atoms with Gasteiger partial charge in [0.15, 0.2) is 0 Å². The van der Waals surface area contributed by atoms with E-state index in [0.29, 0.717) is 0 Å². The third-order valence-corrected chi connectivity index (χ3v) is 7.63. The van der Waals surface area contributed by atoms with Crippen LogP contribution in [-0.2, 0) is 12.8 Å². The molecule has 0 fully saturated rings. The molecule has 0 saturated heterocycles. The van der Waals surface area contributed by atoms with Gasteiger partial charge in [-0.05, 0) is 66.4 Å². The molecule has 0 spiro atoms. The van der Waals surface area contributed by atoms with E-state index in [1.807, 2.05) is 18.4 Å². The molecule has 0 radical (unpaired) electrons. The third kappa shape index (κ3) is 3.00. The van der Waals surface area contributed by atoms with Gasteiger partial charge in [0.2, 0.25) is 0 Å². The Hall–Kier alpha value is 0.130. The average molecular weight is 391 g/mol. The molecular weight excluding hydrogens is 374 g/mol. The number of rotatable bonds is 3. The lowest BCUT2D eigenvalue weighted by Crippen LogP contribution is -2.15. The molecule has 5 heteroatoms. The van der Waals surface area contributed by atoms with Gasteiger partial charge in [-0.25, -0.2) is 0 Å². The fraction of sp³-hybridized carbons (Fsp3) is 0.467. The second-order valence-corrected chi connectivity index (χ2v) is 9.13. The zero-order chi connectivity index (χ0) is 14.1. The first-order chi connectivity index (χ1) is 9.69. The lowest BCUT2D eigenvalue weighted by molar-refractivity contribution is 0.705. The molecule has 1 aliphatic carbocycles. The number of fused-ring (bicyclic) bond motifs is 1. The normalized spacial score (nSPS) is 16.8. The van der Waals surface area contributed by atoms with Gasteiger partial charge < -0.3 is 5.32 Å². The van der Waals surface area contributed by atoms with Gasteiger partial charge in [0.1, 0.15) is 0 Å². The van der Waals surface area contributed by atoms with Crippen LogP contribution < -0.4 is 5.32 Å². The Bertz CT molecular complexity index is 562. The van der Waals surface area contributed by atoms with E-state index in [-0.39, 0.29) is 6.04 Å². The molecule has 0 bridgehead atoms. The lowest BCUT2D eigenvalue weighted by Gasteiger charge is -2.12. The molecular formula is C15H17BrClNS2. The SMILES string of the molecule is CNC(c1cc(Cl)c(Br)s1)c1cc2c(s1)CCCCC2. The maximum absolute atomic E-state index is 6.18. The van der Waals surface area contributed by atoms with Crippen LogP contribution in [-0.4, -0.2) is 7.05 Å². The summed E-state index contributed by atoms with van der Waals surface area (Å²) >= 11 is 13.4. The number of aryl methyl sites for hydroxylation is 2. The zero-order valence-corrected chi connectivity index (χ0v) is 15.3. The van der Waals surface area contributed by atoms with Crippen LogP contribution in [0, 0.1) is 0 Å². The molecule has 2 aromatic rings. The smallest absolute Gasteiger partial charge is 0.0888 e. The van der Waals surface area contributed by atoms with Crippen molar-refractivity contribution in [3.8, 4) is 0 Å². The van der Waals surface area contributed by atoms with Crippen LogP contribution in [0.3, 0.4) is 0 Å². The van der Waals surface area contributed by atoms with Crippen LogP contribution in [0.15, 0.2) is 15.9 Å². The van der Waals surface area contributed by atoms with Crippen LogP contribution in [0.1, 0.15) is 45.5 Å². The van der Waals surface area contributed by atoms with E-state index in [9.17, 15) is 0 Å². The van der Waals surface area contributed by atoms with E-state index >= 15 is 0 Å². The van der Waals surface area contributed by atoms with Crippen molar-refractivity contribution in [2.75, 3.05) is 7.05 Å². The Morgan fingerprint density at radius 1 is 1.15 bits per heavy atom. The summed E-state index contributed by atoms with van der Waals surface area (Å²) in [6.07, 6.45) is 6.56. The van der Waals surface area contributed by atoms with Crippen LogP contribution >= 0.6 is 50.2 Å². The van der Waals surface area contributed by atoms with E-state index < -0.39 is 0 Å². The second-order valence-electron chi connectivity index (χ2n) is 5.15. The first-order valence-corrected chi connectivity index (χ1v) is 9.73. The highest BCUT2D eigenvalue weighted by molar-refractivity contribution is 9.11. The predicted molar refractivity (Wildman–Crippen MR) is 93.5 cm³/mol. The molecule has 0 saturated carbocycles. The largest absolute Gasteiger partial charge is 0.308 e. The monoisotopic (exact) mass is 389 g/mol. The van der Waals surface area contributed by atoms with Gasteiger partial charge in [0, 0.05) is 14.6 Å². The molecule has 20 heavy (non-hydrogen) atoms. The molecule has 2 aromatic heterocycles. The topological polar surface area (TPSA) is 12.0 Å². The highest BCUT2D eigenvalue weighted by Crippen LogP contribution is 2.40. The summed E-state index contributed by atoms with van der Waals surface area (Å²) in [6, 6.07) is 4.75. The van der Waals surface area contributed by atoms with Gasteiger partial charge >= 0.3 is 0 Å². The number of nitrogens with one attached hydrogen (secondary N) is 1. The molecule has 0 aliphatic heterocycles. The molecule has 0 amide bonds. The summed E-state index contributed by atoms with van der Waals surface area (Å²) in [4.78, 5) is 4.30. The molecule has 1 unspecified atom stereocenters. The Labute approximate surface area is 141 Å². The molecule has 3 rings (SSSR count). The molecule has 1 atom stereocenters. The van der Waals surface area contributed by atoms with Crippen molar-refractivity contribution in [2.24, 2.45) is 0 Å². The molecule has 108 valence electrons. The van der Waals surface area contributed by atoms with E-state index in [1.165, 1.54) is 41.9 Å². The first kappa shape index (κ1) is 15.0. The highest BCUT2D eigenvalue weighted by atomic mass is 79.9. The molecule has 1 aliphatic rings. The van der Waals surface area contributed by atoms with Gasteiger partial charge in [-0.15, -0.1) is 22.7 Å². The predicted octanol–water partition coefficient (Wildman–Crippen LogP) is 5.80. The number of thiophene rings is 2. The van der Waals surface area contributed by atoms with Crippen LogP contribution in [0.5, 0.6) is 0 Å². The summed E-state index contributed by atoms with van der Waals surface area (Å²) in [5, 5.41) is 4.25. The Morgan fingerprint density at radius 2 is 1.90 bits per heavy atom. The van der Waals surface area contributed by atoms with E-state index in [0.717, 1.165) is 8.81 Å². The van der Waals surface area contributed by atoms with Crippen molar-refractivity contribution in [2.45, 2.75) is 38.1 Å². The average Bonchev–Trinajstić information content (AvgIpc) is 2.88. The summed E-state index contributed by atoms with van der Waals surface area (Å²) in [7, 11) is 2.02. The number of hydrogen-bond acceptors (Lipinski definition) is 3. The van der Waals surface area contributed by atoms with Crippen molar-refractivity contribution in [3.63, 3.8) is 0 Å². The van der Waals surface area contributed by atoms with Gasteiger partial charge in [-0.2, -0.15) is 0 Å². The lowest BCUT2D eigenvalue weighted by atomic mass is 10.1. The Balaban J connectivity index is 1.93. The zero-order valence-electron chi connectivity index (χ0n) is 11.3. The first-order valence-electron chi connectivity index (χ1n) is 6.92. The minimum atomic E-state index is 0.265. The minimum absolute atomic E-state index is 0.265. The van der Waals surface area contributed by atoms with E-state index in [1.54, 1.807) is 21.8 Å². The van der Waals surface area contributed by atoms with Gasteiger partial charge in [-0.1, -0.05) is 18.0 Å². The van der Waals surface area contributed by atoms with E-state index in [2.05, 4.69) is 33.4 Å².